The Morgan fingerprint density at radius 3 is 2.20 bits per heavy atom. The molecule has 0 heterocycles. The number of nitrogens with zero attached hydrogens (tertiary/aromatic N) is 1. The largest absolute Gasteiger partial charge is 0.287 e. The summed E-state index contributed by atoms with van der Waals surface area (Å²) in [4.78, 5) is 4.06. The number of halogens is 1. The quantitative estimate of drug-likeness (QED) is 0.610. The summed E-state index contributed by atoms with van der Waals surface area (Å²) in [5.41, 5.74) is 1.91. The second-order valence-electron chi connectivity index (χ2n) is 1.99. The molecule has 0 aliphatic heterocycles. The van der Waals surface area contributed by atoms with Gasteiger partial charge in [-0.15, -0.1) is 0 Å². The molecule has 56 valence electrons. The molecule has 0 spiro atoms. The van der Waals surface area contributed by atoms with Gasteiger partial charge in [-0.25, -0.2) is 0 Å². The van der Waals surface area contributed by atoms with Crippen molar-refractivity contribution in [2.24, 2.45) is 4.99 Å². The highest BCUT2D eigenvalue weighted by Crippen LogP contribution is 2.12. The van der Waals surface area contributed by atoms with E-state index in [4.69, 9.17) is 0 Å². The van der Waals surface area contributed by atoms with Gasteiger partial charge in [0.15, 0.2) is 0 Å². The van der Waals surface area contributed by atoms with Crippen LogP contribution in [0.3, 0.4) is 0 Å². The molecule has 0 rings (SSSR count). The lowest BCUT2D eigenvalue weighted by molar-refractivity contribution is 1.42. The van der Waals surface area contributed by atoms with Crippen LogP contribution in [0, 0.1) is 0 Å². The molecule has 0 N–H and O–H groups in total. The molecule has 0 radical (unpaired) electrons. The van der Waals surface area contributed by atoms with E-state index in [1.807, 2.05) is 19.9 Å². The molecule has 0 saturated carbocycles. The molecule has 1 nitrogen and oxygen atoms in total. The lowest BCUT2D eigenvalue weighted by atomic mass is 10.2. The maximum Gasteiger partial charge on any atom is 0.0732 e. The van der Waals surface area contributed by atoms with E-state index < -0.39 is 0 Å². The van der Waals surface area contributed by atoms with Crippen molar-refractivity contribution in [1.29, 1.82) is 0 Å². The smallest absolute Gasteiger partial charge is 0.0732 e. The second-order valence-corrected chi connectivity index (χ2v) is 2.84. The zero-order chi connectivity index (χ0) is 8.15. The molecule has 0 saturated heterocycles. The number of hydrogen-bond acceptors (Lipinski definition) is 1. The van der Waals surface area contributed by atoms with E-state index in [2.05, 4.69) is 27.5 Å². The zero-order valence-electron chi connectivity index (χ0n) is 6.61. The van der Waals surface area contributed by atoms with Gasteiger partial charge in [0.2, 0.25) is 0 Å². The van der Waals surface area contributed by atoms with Crippen molar-refractivity contribution < 1.29 is 0 Å². The Morgan fingerprint density at radius 2 is 2.10 bits per heavy atom. The molecule has 0 aromatic rings. The van der Waals surface area contributed by atoms with E-state index in [9.17, 15) is 0 Å². The van der Waals surface area contributed by atoms with Gasteiger partial charge >= 0.3 is 0 Å². The third-order valence-corrected chi connectivity index (χ3v) is 1.94. The molecule has 0 aromatic carbocycles. The molecule has 0 bridgehead atoms. The van der Waals surface area contributed by atoms with Crippen LogP contribution < -0.4 is 0 Å². The normalized spacial score (nSPS) is 13.6. The lowest BCUT2D eigenvalue weighted by Crippen LogP contribution is -1.97. The second kappa shape index (κ2) is 4.45. The maximum atomic E-state index is 4.06. The Morgan fingerprint density at radius 1 is 1.60 bits per heavy atom. The van der Waals surface area contributed by atoms with Crippen LogP contribution in [0.1, 0.15) is 13.8 Å². The summed E-state index contributed by atoms with van der Waals surface area (Å²) in [7, 11) is 1.76. The van der Waals surface area contributed by atoms with E-state index in [0.717, 1.165) is 15.8 Å². The Bertz CT molecular complexity index is 189. The van der Waals surface area contributed by atoms with Crippen molar-refractivity contribution in [3.8, 4) is 0 Å². The number of aliphatic imine (C=N–C) groups is 1. The Labute approximate surface area is 70.7 Å². The van der Waals surface area contributed by atoms with Gasteiger partial charge in [-0.3, -0.25) is 4.99 Å². The molecule has 0 aromatic heterocycles. The lowest BCUT2D eigenvalue weighted by Gasteiger charge is -2.01. The third kappa shape index (κ3) is 2.48. The van der Waals surface area contributed by atoms with Crippen LogP contribution in [0.2, 0.25) is 0 Å². The Kier molecular flexibility index (Phi) is 4.28. The monoisotopic (exact) mass is 201 g/mol. The number of hydrogen-bond donors (Lipinski definition) is 0. The minimum absolute atomic E-state index is 0.933. The molecule has 10 heavy (non-hydrogen) atoms. The van der Waals surface area contributed by atoms with Gasteiger partial charge in [-0.2, -0.15) is 0 Å². The topological polar surface area (TPSA) is 12.4 Å². The van der Waals surface area contributed by atoms with Crippen LogP contribution >= 0.6 is 15.9 Å². The van der Waals surface area contributed by atoms with Crippen LogP contribution in [0.5, 0.6) is 0 Å². The first-order valence-corrected chi connectivity index (χ1v) is 3.87. The van der Waals surface area contributed by atoms with E-state index in [1.165, 1.54) is 0 Å². The summed E-state index contributed by atoms with van der Waals surface area (Å²) in [6, 6.07) is 0. The molecule has 0 atom stereocenters. The summed E-state index contributed by atoms with van der Waals surface area (Å²) in [6.07, 6.45) is 1.96. The zero-order valence-corrected chi connectivity index (χ0v) is 8.20. The first kappa shape index (κ1) is 9.63. The van der Waals surface area contributed by atoms with Gasteiger partial charge in [-0.1, -0.05) is 12.7 Å². The van der Waals surface area contributed by atoms with Crippen LogP contribution in [-0.4, -0.2) is 12.8 Å². The van der Waals surface area contributed by atoms with Crippen molar-refractivity contribution in [1.82, 2.24) is 0 Å². The van der Waals surface area contributed by atoms with Crippen LogP contribution in [0.15, 0.2) is 27.7 Å². The predicted molar refractivity (Wildman–Crippen MR) is 50.9 cm³/mol. The Hall–Kier alpha value is -0.370. The molecular weight excluding hydrogens is 190 g/mol. The van der Waals surface area contributed by atoms with E-state index in [0.29, 0.717) is 0 Å². The summed E-state index contributed by atoms with van der Waals surface area (Å²) in [5.74, 6) is 0. The third-order valence-electron chi connectivity index (χ3n) is 1.11. The van der Waals surface area contributed by atoms with Crippen molar-refractivity contribution in [3.63, 3.8) is 0 Å². The van der Waals surface area contributed by atoms with Crippen molar-refractivity contribution in [2.75, 3.05) is 7.05 Å². The van der Waals surface area contributed by atoms with Gasteiger partial charge in [-0.05, 0) is 35.4 Å². The van der Waals surface area contributed by atoms with Gasteiger partial charge in [0.05, 0.1) is 5.71 Å². The summed E-state index contributed by atoms with van der Waals surface area (Å²) in [6.45, 7) is 7.69. The SMILES string of the molecule is C=C(C)C(=NC)/C(Br)=C\C. The van der Waals surface area contributed by atoms with Crippen LogP contribution in [-0.2, 0) is 0 Å². The number of rotatable bonds is 2. The average Bonchev–Trinajstić information content (AvgIpc) is 1.88. The molecule has 0 amide bonds. The molecule has 2 heteroatoms. The van der Waals surface area contributed by atoms with Crippen molar-refractivity contribution in [3.05, 3.63) is 22.7 Å². The summed E-state index contributed by atoms with van der Waals surface area (Å²) >= 11 is 3.37. The Balaban J connectivity index is 4.56. The number of allylic oxidation sites excluding steroid dienone is 3. The standard InChI is InChI=1S/C8H12BrN/c1-5-7(9)8(10-4)6(2)3/h5H,2H2,1,3-4H3/b7-5+,10-8?. The average molecular weight is 202 g/mol. The van der Waals surface area contributed by atoms with E-state index in [-0.39, 0.29) is 0 Å². The summed E-state index contributed by atoms with van der Waals surface area (Å²) < 4.78 is 1.00. The molecular formula is C8H12BrN. The van der Waals surface area contributed by atoms with Gasteiger partial charge < -0.3 is 0 Å². The highest BCUT2D eigenvalue weighted by Gasteiger charge is 2.00. The van der Waals surface area contributed by atoms with Crippen molar-refractivity contribution in [2.45, 2.75) is 13.8 Å². The highest BCUT2D eigenvalue weighted by molar-refractivity contribution is 9.12. The van der Waals surface area contributed by atoms with Crippen molar-refractivity contribution >= 4 is 21.6 Å². The summed E-state index contributed by atoms with van der Waals surface area (Å²) in [5, 5.41) is 0. The van der Waals surface area contributed by atoms with Gasteiger partial charge in [0.25, 0.3) is 0 Å². The fourth-order valence-corrected chi connectivity index (χ4v) is 1.15. The molecule has 0 unspecified atom stereocenters. The fraction of sp³-hybridized carbons (Fsp3) is 0.375. The fourth-order valence-electron chi connectivity index (χ4n) is 0.638. The van der Waals surface area contributed by atoms with E-state index in [1.54, 1.807) is 7.05 Å². The van der Waals surface area contributed by atoms with Gasteiger partial charge in [0, 0.05) is 11.5 Å². The first-order chi connectivity index (χ1) is 4.63. The predicted octanol–water partition coefficient (Wildman–Crippen LogP) is 2.93. The molecule has 0 fully saturated rings. The first-order valence-electron chi connectivity index (χ1n) is 3.08. The highest BCUT2D eigenvalue weighted by atomic mass is 79.9. The van der Waals surface area contributed by atoms with E-state index >= 15 is 0 Å². The minimum atomic E-state index is 0.933. The maximum absolute atomic E-state index is 4.06. The molecule has 0 aliphatic rings. The molecule has 0 aliphatic carbocycles. The van der Waals surface area contributed by atoms with Crippen LogP contribution in [0.4, 0.5) is 0 Å². The minimum Gasteiger partial charge on any atom is -0.287 e. The van der Waals surface area contributed by atoms with Crippen LogP contribution in [0.25, 0.3) is 0 Å². The van der Waals surface area contributed by atoms with Gasteiger partial charge in [0.1, 0.15) is 0 Å².